The van der Waals surface area contributed by atoms with Gasteiger partial charge in [-0.1, -0.05) is 0 Å². The first-order chi connectivity index (χ1) is 11.1. The number of carbonyl (C=O) groups excluding carboxylic acids is 1. The SMILES string of the molecule is CC(=O)/C=C(/C)O.[Ir].[c-]1ccccc1-c1ncnc2nccnc12. The number of hydrogen-bond acceptors (Lipinski definition) is 6. The van der Waals surface area contributed by atoms with Crippen LogP contribution in [0.3, 0.4) is 0 Å². The average Bonchev–Trinajstić information content (AvgIpc) is 2.54. The molecule has 0 saturated carbocycles. The molecule has 0 bridgehead atoms. The minimum atomic E-state index is -0.125. The van der Waals surface area contributed by atoms with Crippen LogP contribution in [0.15, 0.2) is 54.8 Å². The van der Waals surface area contributed by atoms with Gasteiger partial charge in [-0.2, -0.15) is 0 Å². The number of fused-ring (bicyclic) bond motifs is 1. The molecule has 0 aliphatic rings. The summed E-state index contributed by atoms with van der Waals surface area (Å²) in [4.78, 5) is 26.7. The molecule has 0 atom stereocenters. The Balaban J connectivity index is 0.000000312. The third-order valence-corrected chi connectivity index (χ3v) is 2.65. The van der Waals surface area contributed by atoms with Crippen LogP contribution >= 0.6 is 0 Å². The van der Waals surface area contributed by atoms with Gasteiger partial charge in [0.05, 0.1) is 11.3 Å². The number of rotatable bonds is 2. The predicted molar refractivity (Wildman–Crippen MR) is 86.5 cm³/mol. The number of aromatic nitrogens is 4. The second kappa shape index (κ2) is 9.60. The summed E-state index contributed by atoms with van der Waals surface area (Å²) in [5, 5.41) is 8.36. The van der Waals surface area contributed by atoms with Gasteiger partial charge in [-0.05, 0) is 13.8 Å². The molecular formula is C17H15IrN4O2-. The maximum Gasteiger partial charge on any atom is 0.172 e. The van der Waals surface area contributed by atoms with E-state index in [9.17, 15) is 4.79 Å². The molecule has 0 saturated heterocycles. The van der Waals surface area contributed by atoms with Gasteiger partial charge < -0.3 is 5.11 Å². The van der Waals surface area contributed by atoms with E-state index in [1.54, 1.807) is 12.4 Å². The summed E-state index contributed by atoms with van der Waals surface area (Å²) >= 11 is 0. The Hall–Kier alpha value is -2.50. The van der Waals surface area contributed by atoms with Gasteiger partial charge in [0.15, 0.2) is 11.4 Å². The first-order valence-corrected chi connectivity index (χ1v) is 6.84. The number of carbonyl (C=O) groups is 1. The van der Waals surface area contributed by atoms with Gasteiger partial charge in [0.1, 0.15) is 6.33 Å². The molecule has 0 fully saturated rings. The maximum absolute atomic E-state index is 10.0. The molecule has 24 heavy (non-hydrogen) atoms. The van der Waals surface area contributed by atoms with E-state index < -0.39 is 0 Å². The summed E-state index contributed by atoms with van der Waals surface area (Å²) in [6, 6.07) is 10.8. The van der Waals surface area contributed by atoms with E-state index >= 15 is 0 Å². The molecule has 7 heteroatoms. The summed E-state index contributed by atoms with van der Waals surface area (Å²) in [7, 11) is 0. The molecule has 125 valence electrons. The van der Waals surface area contributed by atoms with Crippen molar-refractivity contribution < 1.29 is 30.0 Å². The maximum atomic E-state index is 10.0. The van der Waals surface area contributed by atoms with Crippen LogP contribution in [0.2, 0.25) is 0 Å². The fraction of sp³-hybridized carbons (Fsp3) is 0.118. The van der Waals surface area contributed by atoms with E-state index in [1.807, 2.05) is 24.3 Å². The number of benzene rings is 1. The molecule has 0 aliphatic heterocycles. The molecule has 3 rings (SSSR count). The predicted octanol–water partition coefficient (Wildman–Crippen LogP) is 2.92. The number of aliphatic hydroxyl groups excluding tert-OH is 1. The third kappa shape index (κ3) is 5.61. The van der Waals surface area contributed by atoms with Crippen LogP contribution in [0.5, 0.6) is 0 Å². The zero-order chi connectivity index (χ0) is 16.7. The Labute approximate surface area is 153 Å². The topological polar surface area (TPSA) is 88.9 Å². The Morgan fingerprint density at radius 2 is 1.88 bits per heavy atom. The molecule has 0 unspecified atom stereocenters. The molecule has 2 aromatic heterocycles. The molecule has 0 spiro atoms. The van der Waals surface area contributed by atoms with Crippen molar-refractivity contribution >= 4 is 16.9 Å². The van der Waals surface area contributed by atoms with E-state index in [4.69, 9.17) is 5.11 Å². The summed E-state index contributed by atoms with van der Waals surface area (Å²) < 4.78 is 0. The minimum Gasteiger partial charge on any atom is -0.512 e. The number of ketones is 1. The van der Waals surface area contributed by atoms with Crippen molar-refractivity contribution in [3.05, 3.63) is 60.9 Å². The molecule has 0 aliphatic carbocycles. The molecule has 2 heterocycles. The zero-order valence-corrected chi connectivity index (χ0v) is 15.5. The Morgan fingerprint density at radius 3 is 2.46 bits per heavy atom. The van der Waals surface area contributed by atoms with Crippen molar-refractivity contribution in [1.82, 2.24) is 19.9 Å². The number of allylic oxidation sites excluding steroid dienone is 2. The van der Waals surface area contributed by atoms with Crippen LogP contribution in [0.4, 0.5) is 0 Å². The fourth-order valence-corrected chi connectivity index (χ4v) is 1.83. The quantitative estimate of drug-likeness (QED) is 0.331. The van der Waals surface area contributed by atoms with Crippen LogP contribution in [-0.4, -0.2) is 30.8 Å². The van der Waals surface area contributed by atoms with Gasteiger partial charge in [0, 0.05) is 44.3 Å². The van der Waals surface area contributed by atoms with Crippen LogP contribution in [0.1, 0.15) is 13.8 Å². The van der Waals surface area contributed by atoms with Crippen molar-refractivity contribution in [3.8, 4) is 11.3 Å². The smallest absolute Gasteiger partial charge is 0.172 e. The number of nitrogens with zero attached hydrogens (tertiary/aromatic N) is 4. The molecular weight excluding hydrogens is 484 g/mol. The zero-order valence-electron chi connectivity index (χ0n) is 13.1. The van der Waals surface area contributed by atoms with Gasteiger partial charge in [0.2, 0.25) is 0 Å². The minimum absolute atomic E-state index is 0. The van der Waals surface area contributed by atoms with Crippen molar-refractivity contribution in [2.24, 2.45) is 0 Å². The van der Waals surface area contributed by atoms with E-state index in [-0.39, 0.29) is 31.6 Å². The van der Waals surface area contributed by atoms with Crippen LogP contribution < -0.4 is 0 Å². The largest absolute Gasteiger partial charge is 0.512 e. The van der Waals surface area contributed by atoms with Crippen molar-refractivity contribution in [2.75, 3.05) is 0 Å². The number of hydrogen-bond donors (Lipinski definition) is 1. The summed E-state index contributed by atoms with van der Waals surface area (Å²) in [5.74, 6) is -0.0625. The Morgan fingerprint density at radius 1 is 1.12 bits per heavy atom. The van der Waals surface area contributed by atoms with Crippen LogP contribution in [0, 0.1) is 6.07 Å². The van der Waals surface area contributed by atoms with E-state index in [1.165, 1.54) is 26.3 Å². The number of aliphatic hydroxyl groups is 1. The van der Waals surface area contributed by atoms with E-state index in [0.29, 0.717) is 11.2 Å². The van der Waals surface area contributed by atoms with Crippen LogP contribution in [0.25, 0.3) is 22.4 Å². The van der Waals surface area contributed by atoms with Gasteiger partial charge in [-0.15, -0.1) is 35.9 Å². The van der Waals surface area contributed by atoms with E-state index in [2.05, 4.69) is 26.0 Å². The normalized spacial score (nSPS) is 10.3. The summed E-state index contributed by atoms with van der Waals surface area (Å²) in [6.07, 6.45) is 5.92. The second-order valence-electron chi connectivity index (χ2n) is 4.62. The molecule has 1 aromatic carbocycles. The first kappa shape index (κ1) is 19.5. The molecule has 1 radical (unpaired) electrons. The Bertz CT molecular complexity index is 829. The van der Waals surface area contributed by atoms with Crippen molar-refractivity contribution in [1.29, 1.82) is 0 Å². The van der Waals surface area contributed by atoms with Gasteiger partial charge in [-0.3, -0.25) is 14.8 Å². The van der Waals surface area contributed by atoms with Gasteiger partial charge in [-0.25, -0.2) is 9.97 Å². The summed E-state index contributed by atoms with van der Waals surface area (Å²) in [5.41, 5.74) is 2.96. The van der Waals surface area contributed by atoms with Crippen molar-refractivity contribution in [3.63, 3.8) is 0 Å². The van der Waals surface area contributed by atoms with Gasteiger partial charge in [0.25, 0.3) is 0 Å². The van der Waals surface area contributed by atoms with E-state index in [0.717, 1.165) is 11.3 Å². The summed E-state index contributed by atoms with van der Waals surface area (Å²) in [6.45, 7) is 2.85. The molecule has 6 nitrogen and oxygen atoms in total. The molecule has 3 aromatic rings. The standard InChI is InChI=1S/C12H7N4.C5H8O2.Ir/c1-2-4-9(5-3-1)10-11-12(16-8-15-10)14-7-6-13-11;1-4(6)3-5(2)7;/h1-4,6-8H;3,6H,1-2H3;/q-1;;/b;4-3-;. The molecule has 1 N–H and O–H groups in total. The first-order valence-electron chi connectivity index (χ1n) is 6.84. The van der Waals surface area contributed by atoms with Gasteiger partial charge >= 0.3 is 0 Å². The fourth-order valence-electron chi connectivity index (χ4n) is 1.83. The van der Waals surface area contributed by atoms with Crippen molar-refractivity contribution in [2.45, 2.75) is 13.8 Å². The monoisotopic (exact) mass is 500 g/mol. The molecule has 0 amide bonds. The average molecular weight is 500 g/mol. The third-order valence-electron chi connectivity index (χ3n) is 2.65. The van der Waals surface area contributed by atoms with Crippen LogP contribution in [-0.2, 0) is 24.9 Å². The second-order valence-corrected chi connectivity index (χ2v) is 4.62. The Kier molecular flexibility index (Phi) is 7.82.